The number of hydrogen-bond acceptors (Lipinski definition) is 1. The Morgan fingerprint density at radius 1 is 1.29 bits per heavy atom. The highest BCUT2D eigenvalue weighted by Crippen LogP contribution is 2.33. The number of rotatable bonds is 6. The molecule has 0 aliphatic heterocycles. The first-order chi connectivity index (χ1) is 7.95. The molecule has 0 radical (unpaired) electrons. The molecule has 0 amide bonds. The van der Waals surface area contributed by atoms with Gasteiger partial charge in [0.2, 0.25) is 0 Å². The lowest BCUT2D eigenvalue weighted by molar-refractivity contribution is -0.0141. The molecule has 0 saturated heterocycles. The Morgan fingerprint density at radius 3 is 2.59 bits per heavy atom. The van der Waals surface area contributed by atoms with E-state index >= 15 is 0 Å². The van der Waals surface area contributed by atoms with Crippen LogP contribution in [0.5, 0.6) is 0 Å². The van der Waals surface area contributed by atoms with Gasteiger partial charge in [-0.15, -0.1) is 0 Å². The van der Waals surface area contributed by atoms with E-state index < -0.39 is 5.92 Å². The van der Waals surface area contributed by atoms with Crippen molar-refractivity contribution in [3.63, 3.8) is 0 Å². The largest absolute Gasteiger partial charge is 0.310 e. The summed E-state index contributed by atoms with van der Waals surface area (Å²) in [7, 11) is 0. The Labute approximate surface area is 102 Å². The van der Waals surface area contributed by atoms with Crippen LogP contribution < -0.4 is 5.32 Å². The molecule has 0 atom stereocenters. The van der Waals surface area contributed by atoms with Gasteiger partial charge in [-0.3, -0.25) is 0 Å². The molecule has 0 heterocycles. The van der Waals surface area contributed by atoms with Gasteiger partial charge in [0, 0.05) is 24.6 Å². The van der Waals surface area contributed by atoms with Gasteiger partial charge >= 0.3 is 0 Å². The molecule has 0 fully saturated rings. The minimum absolute atomic E-state index is 0.0892. The Bertz CT molecular complexity index is 348. The maximum absolute atomic E-state index is 13.7. The van der Waals surface area contributed by atoms with E-state index in [1.54, 1.807) is 19.1 Å². The van der Waals surface area contributed by atoms with Gasteiger partial charge in [0.1, 0.15) is 0 Å². The molecule has 1 rings (SSSR count). The molecule has 3 heteroatoms. The van der Waals surface area contributed by atoms with Crippen LogP contribution in [-0.2, 0) is 12.5 Å². The zero-order valence-electron chi connectivity index (χ0n) is 10.8. The van der Waals surface area contributed by atoms with Crippen LogP contribution in [0.2, 0.25) is 0 Å². The van der Waals surface area contributed by atoms with Crippen molar-refractivity contribution in [2.45, 2.75) is 52.1 Å². The molecule has 0 aliphatic rings. The number of nitrogens with one attached hydrogen (secondary N) is 1. The van der Waals surface area contributed by atoms with Crippen LogP contribution in [-0.4, -0.2) is 6.04 Å². The van der Waals surface area contributed by atoms with E-state index in [4.69, 9.17) is 0 Å². The molecular weight excluding hydrogens is 220 g/mol. The second-order valence-corrected chi connectivity index (χ2v) is 4.69. The van der Waals surface area contributed by atoms with Gasteiger partial charge in [-0.05, 0) is 11.6 Å². The summed E-state index contributed by atoms with van der Waals surface area (Å²) in [5.41, 5.74) is 1.04. The van der Waals surface area contributed by atoms with Crippen molar-refractivity contribution in [3.05, 3.63) is 35.4 Å². The Kier molecular flexibility index (Phi) is 5.06. The zero-order valence-corrected chi connectivity index (χ0v) is 10.8. The van der Waals surface area contributed by atoms with Crippen molar-refractivity contribution in [1.82, 2.24) is 5.32 Å². The summed E-state index contributed by atoms with van der Waals surface area (Å²) in [5.74, 6) is -2.71. The monoisotopic (exact) mass is 241 g/mol. The fraction of sp³-hybridized carbons (Fsp3) is 0.571. The third-order valence-electron chi connectivity index (χ3n) is 2.63. The summed E-state index contributed by atoms with van der Waals surface area (Å²) < 4.78 is 27.4. The predicted molar refractivity (Wildman–Crippen MR) is 67.2 cm³/mol. The lowest BCUT2D eigenvalue weighted by Gasteiger charge is -2.17. The number of halogens is 2. The highest BCUT2D eigenvalue weighted by molar-refractivity contribution is 5.26. The van der Waals surface area contributed by atoms with Crippen molar-refractivity contribution >= 4 is 0 Å². The lowest BCUT2D eigenvalue weighted by Crippen LogP contribution is -2.22. The maximum atomic E-state index is 13.7. The van der Waals surface area contributed by atoms with E-state index in [1.165, 1.54) is 6.07 Å². The summed E-state index contributed by atoms with van der Waals surface area (Å²) >= 11 is 0. The highest BCUT2D eigenvalue weighted by atomic mass is 19.3. The van der Waals surface area contributed by atoms with Crippen molar-refractivity contribution < 1.29 is 8.78 Å². The minimum Gasteiger partial charge on any atom is -0.310 e. The van der Waals surface area contributed by atoms with Gasteiger partial charge in [0.05, 0.1) is 0 Å². The van der Waals surface area contributed by atoms with Gasteiger partial charge in [-0.25, -0.2) is 8.78 Å². The van der Waals surface area contributed by atoms with Gasteiger partial charge in [-0.2, -0.15) is 0 Å². The molecule has 17 heavy (non-hydrogen) atoms. The quantitative estimate of drug-likeness (QED) is 0.791. The summed E-state index contributed by atoms with van der Waals surface area (Å²) in [6, 6.07) is 7.05. The van der Waals surface area contributed by atoms with Crippen LogP contribution >= 0.6 is 0 Å². The maximum Gasteiger partial charge on any atom is 0.273 e. The minimum atomic E-state index is -2.71. The van der Waals surface area contributed by atoms with E-state index in [0.29, 0.717) is 19.0 Å². The molecule has 0 aliphatic carbocycles. The molecule has 1 nitrogen and oxygen atoms in total. The van der Waals surface area contributed by atoms with Crippen molar-refractivity contribution in [2.24, 2.45) is 0 Å². The molecule has 1 aromatic carbocycles. The van der Waals surface area contributed by atoms with Gasteiger partial charge in [0.15, 0.2) is 0 Å². The van der Waals surface area contributed by atoms with Crippen molar-refractivity contribution in [3.8, 4) is 0 Å². The van der Waals surface area contributed by atoms with Gasteiger partial charge in [0.25, 0.3) is 5.92 Å². The topological polar surface area (TPSA) is 12.0 Å². The van der Waals surface area contributed by atoms with Crippen LogP contribution in [0.3, 0.4) is 0 Å². The Morgan fingerprint density at radius 2 is 2.00 bits per heavy atom. The third kappa shape index (κ3) is 4.43. The summed E-state index contributed by atoms with van der Waals surface area (Å²) in [6.07, 6.45) is 0.398. The van der Waals surface area contributed by atoms with E-state index in [1.807, 2.05) is 19.9 Å². The highest BCUT2D eigenvalue weighted by Gasteiger charge is 2.30. The Balaban J connectivity index is 2.78. The Hall–Kier alpha value is -0.960. The average Bonchev–Trinajstić information content (AvgIpc) is 2.27. The zero-order chi connectivity index (χ0) is 12.9. The van der Waals surface area contributed by atoms with Crippen molar-refractivity contribution in [2.75, 3.05) is 0 Å². The number of alkyl halides is 2. The molecule has 1 N–H and O–H groups in total. The van der Waals surface area contributed by atoms with E-state index in [0.717, 1.165) is 5.56 Å². The summed E-state index contributed by atoms with van der Waals surface area (Å²) in [5, 5.41) is 3.23. The van der Waals surface area contributed by atoms with Crippen LogP contribution in [0, 0.1) is 0 Å². The fourth-order valence-electron chi connectivity index (χ4n) is 1.69. The predicted octanol–water partition coefficient (Wildman–Crippen LogP) is 4.08. The van der Waals surface area contributed by atoms with Crippen LogP contribution in [0.15, 0.2) is 24.3 Å². The number of hydrogen-bond donors (Lipinski definition) is 1. The summed E-state index contributed by atoms with van der Waals surface area (Å²) in [4.78, 5) is 0. The second-order valence-electron chi connectivity index (χ2n) is 4.69. The van der Waals surface area contributed by atoms with E-state index in [2.05, 4.69) is 5.32 Å². The lowest BCUT2D eigenvalue weighted by atomic mass is 10.0. The fourth-order valence-corrected chi connectivity index (χ4v) is 1.69. The molecular formula is C14H21F2N. The van der Waals surface area contributed by atoms with E-state index in [-0.39, 0.29) is 12.0 Å². The molecule has 0 spiro atoms. The standard InChI is InChI=1S/C14H21F2N/c1-4-8-14(15,16)13-7-5-6-12(9-13)10-17-11(2)3/h5-7,9,11,17H,4,8,10H2,1-3H3. The van der Waals surface area contributed by atoms with Crippen molar-refractivity contribution in [1.29, 1.82) is 0 Å². The third-order valence-corrected chi connectivity index (χ3v) is 2.63. The first-order valence-electron chi connectivity index (χ1n) is 6.16. The molecule has 0 unspecified atom stereocenters. The summed E-state index contributed by atoms with van der Waals surface area (Å²) in [6.45, 7) is 6.48. The smallest absolute Gasteiger partial charge is 0.273 e. The van der Waals surface area contributed by atoms with Gasteiger partial charge in [-0.1, -0.05) is 45.4 Å². The molecule has 0 bridgehead atoms. The molecule has 1 aromatic rings. The van der Waals surface area contributed by atoms with E-state index in [9.17, 15) is 8.78 Å². The molecule has 96 valence electrons. The second kappa shape index (κ2) is 6.10. The number of benzene rings is 1. The molecule has 0 saturated carbocycles. The average molecular weight is 241 g/mol. The van der Waals surface area contributed by atoms with Crippen LogP contribution in [0.4, 0.5) is 8.78 Å². The normalized spacial score (nSPS) is 12.1. The van der Waals surface area contributed by atoms with Crippen LogP contribution in [0.1, 0.15) is 44.7 Å². The SMILES string of the molecule is CCCC(F)(F)c1cccc(CNC(C)C)c1. The van der Waals surface area contributed by atoms with Crippen LogP contribution in [0.25, 0.3) is 0 Å². The first-order valence-corrected chi connectivity index (χ1v) is 6.16. The molecule has 0 aromatic heterocycles. The first kappa shape index (κ1) is 14.1. The van der Waals surface area contributed by atoms with Gasteiger partial charge < -0.3 is 5.32 Å².